The summed E-state index contributed by atoms with van der Waals surface area (Å²) in [5, 5.41) is 0. The Kier molecular flexibility index (Phi) is 8.08. The second-order valence-corrected chi connectivity index (χ2v) is 9.52. The first-order valence-corrected chi connectivity index (χ1v) is 10.3. The van der Waals surface area contributed by atoms with Crippen molar-refractivity contribution in [1.82, 2.24) is 0 Å². The molecule has 5 nitrogen and oxygen atoms in total. The quantitative estimate of drug-likeness (QED) is 0.278. The highest BCUT2D eigenvalue weighted by Gasteiger charge is 2.59. The minimum Gasteiger partial charge on any atom is -0.469 e. The average molecular weight is 387 g/mol. The fourth-order valence-corrected chi connectivity index (χ4v) is 4.13. The lowest BCUT2D eigenvalue weighted by Crippen LogP contribution is -2.66. The molecule has 0 N–H and O–H groups in total. The Hall–Kier alpha value is -0.693. The van der Waals surface area contributed by atoms with Crippen molar-refractivity contribution in [1.29, 1.82) is 0 Å². The number of hydrogen-bond donors (Lipinski definition) is 0. The largest absolute Gasteiger partial charge is 0.469 e. The Morgan fingerprint density at radius 1 is 1.23 bits per heavy atom. The van der Waals surface area contributed by atoms with E-state index in [-0.39, 0.29) is 22.4 Å². The summed E-state index contributed by atoms with van der Waals surface area (Å²) in [6, 6.07) is 0. The van der Waals surface area contributed by atoms with Gasteiger partial charge in [-0.25, -0.2) is 0 Å². The summed E-state index contributed by atoms with van der Waals surface area (Å²) < 4.78 is 22.8. The van der Waals surface area contributed by atoms with Gasteiger partial charge in [0, 0.05) is 11.8 Å². The molecule has 0 unspecified atom stereocenters. The molecule has 1 saturated heterocycles. The first kappa shape index (κ1) is 23.3. The number of ether oxygens (including phenoxy) is 3. The third-order valence-electron chi connectivity index (χ3n) is 5.82. The van der Waals surface area contributed by atoms with E-state index in [1.165, 1.54) is 7.11 Å². The molecule has 1 aliphatic rings. The van der Waals surface area contributed by atoms with Crippen LogP contribution in [-0.2, 0) is 23.4 Å². The standard InChI is InChI=1S/C20H38O5Si/c1-17(2,3)20(6)18(4,14-23-19(5,25-20)15-24-26)13-11-9-8-10-12-16(21)22-7/h9,11H,8,10,12-15H2,1-7,26H3/b11-9-/t18-,19+,20+/m0/s1. The zero-order chi connectivity index (χ0) is 20.1. The number of allylic oxidation sites excluding steroid dienone is 2. The van der Waals surface area contributed by atoms with Crippen molar-refractivity contribution in [2.24, 2.45) is 10.8 Å². The van der Waals surface area contributed by atoms with Crippen molar-refractivity contribution in [3.8, 4) is 0 Å². The molecule has 0 spiro atoms. The van der Waals surface area contributed by atoms with Crippen LogP contribution in [0.1, 0.15) is 67.2 Å². The molecule has 1 fully saturated rings. The maximum absolute atomic E-state index is 11.2. The molecule has 6 heteroatoms. The minimum atomic E-state index is -0.701. The van der Waals surface area contributed by atoms with Gasteiger partial charge in [0.1, 0.15) is 10.5 Å². The molecular weight excluding hydrogens is 348 g/mol. The molecule has 3 atom stereocenters. The molecule has 0 aromatic heterocycles. The molecular formula is C20H38O5Si. The fraction of sp³-hybridized carbons (Fsp3) is 0.850. The van der Waals surface area contributed by atoms with Gasteiger partial charge in [-0.05, 0) is 38.5 Å². The second kappa shape index (κ2) is 9.00. The third-order valence-corrected chi connectivity index (χ3v) is 6.11. The summed E-state index contributed by atoms with van der Waals surface area (Å²) in [6.45, 7) is 14.1. The van der Waals surface area contributed by atoms with E-state index in [0.29, 0.717) is 30.1 Å². The van der Waals surface area contributed by atoms with Crippen molar-refractivity contribution >= 4 is 16.5 Å². The molecule has 0 saturated carbocycles. The lowest BCUT2D eigenvalue weighted by molar-refractivity contribution is -0.385. The van der Waals surface area contributed by atoms with E-state index in [2.05, 4.69) is 51.5 Å². The average Bonchev–Trinajstić information content (AvgIpc) is 2.54. The predicted molar refractivity (Wildman–Crippen MR) is 107 cm³/mol. The summed E-state index contributed by atoms with van der Waals surface area (Å²) in [4.78, 5) is 11.2. The summed E-state index contributed by atoms with van der Waals surface area (Å²) in [7, 11) is 2.09. The van der Waals surface area contributed by atoms with Crippen LogP contribution in [-0.4, -0.2) is 48.2 Å². The summed E-state index contributed by atoms with van der Waals surface area (Å²) in [5.41, 5.74) is -0.588. The van der Waals surface area contributed by atoms with Crippen LogP contribution in [0, 0.1) is 10.8 Å². The first-order valence-electron chi connectivity index (χ1n) is 9.48. The Bertz CT molecular complexity index is 501. The summed E-state index contributed by atoms with van der Waals surface area (Å²) in [5.74, 6) is -0.853. The van der Waals surface area contributed by atoms with Gasteiger partial charge in [-0.15, -0.1) is 0 Å². The van der Waals surface area contributed by atoms with Crippen LogP contribution in [0.25, 0.3) is 0 Å². The molecule has 0 bridgehead atoms. The first-order chi connectivity index (χ1) is 11.9. The van der Waals surface area contributed by atoms with Gasteiger partial charge in [-0.3, -0.25) is 4.79 Å². The highest BCUT2D eigenvalue weighted by molar-refractivity contribution is 5.97. The van der Waals surface area contributed by atoms with Crippen LogP contribution in [0.15, 0.2) is 12.2 Å². The fourth-order valence-electron chi connectivity index (χ4n) is 3.61. The van der Waals surface area contributed by atoms with Gasteiger partial charge in [0.15, 0.2) is 5.79 Å². The highest BCUT2D eigenvalue weighted by Crippen LogP contribution is 2.54. The molecule has 1 heterocycles. The van der Waals surface area contributed by atoms with Crippen LogP contribution < -0.4 is 0 Å². The van der Waals surface area contributed by atoms with E-state index in [4.69, 9.17) is 13.9 Å². The zero-order valence-corrected chi connectivity index (χ0v) is 19.9. The van der Waals surface area contributed by atoms with E-state index < -0.39 is 5.79 Å². The predicted octanol–water partition coefficient (Wildman–Crippen LogP) is 3.15. The van der Waals surface area contributed by atoms with Crippen molar-refractivity contribution < 1.29 is 23.4 Å². The number of methoxy groups -OCH3 is 1. The number of unbranched alkanes of at least 4 members (excludes halogenated alkanes) is 1. The maximum atomic E-state index is 11.2. The molecule has 1 aliphatic heterocycles. The van der Waals surface area contributed by atoms with Crippen LogP contribution in [0.5, 0.6) is 0 Å². The Morgan fingerprint density at radius 2 is 1.88 bits per heavy atom. The molecule has 0 amide bonds. The van der Waals surface area contributed by atoms with Gasteiger partial charge in [-0.2, -0.15) is 0 Å². The van der Waals surface area contributed by atoms with Gasteiger partial charge in [0.2, 0.25) is 0 Å². The van der Waals surface area contributed by atoms with Crippen LogP contribution in [0.2, 0.25) is 0 Å². The van der Waals surface area contributed by atoms with Crippen molar-refractivity contribution in [2.75, 3.05) is 20.3 Å². The monoisotopic (exact) mass is 386 g/mol. The molecule has 1 rings (SSSR count). The SMILES string of the molecule is COC(=O)CCC/C=C\C[C@@]1(C)CO[C@@](C)(CO[SiH3])O[C@]1(C)C(C)(C)C. The molecule has 0 radical (unpaired) electrons. The van der Waals surface area contributed by atoms with Gasteiger partial charge in [0.05, 0.1) is 25.9 Å². The number of rotatable bonds is 8. The third kappa shape index (κ3) is 5.41. The second-order valence-electron chi connectivity index (χ2n) is 8.95. The Labute approximate surface area is 162 Å². The molecule has 0 aliphatic carbocycles. The van der Waals surface area contributed by atoms with E-state index in [9.17, 15) is 4.79 Å². The van der Waals surface area contributed by atoms with Crippen LogP contribution >= 0.6 is 0 Å². The van der Waals surface area contributed by atoms with Gasteiger partial charge in [-0.1, -0.05) is 39.8 Å². The van der Waals surface area contributed by atoms with E-state index in [1.54, 1.807) is 0 Å². The Balaban J connectivity index is 2.82. The molecule has 26 heavy (non-hydrogen) atoms. The Morgan fingerprint density at radius 3 is 2.42 bits per heavy atom. The summed E-state index contributed by atoms with van der Waals surface area (Å²) >= 11 is 0. The molecule has 152 valence electrons. The van der Waals surface area contributed by atoms with Gasteiger partial charge >= 0.3 is 5.97 Å². The van der Waals surface area contributed by atoms with Gasteiger partial charge < -0.3 is 18.6 Å². The van der Waals surface area contributed by atoms with Crippen molar-refractivity contribution in [3.63, 3.8) is 0 Å². The smallest absolute Gasteiger partial charge is 0.305 e. The number of carbonyl (C=O) groups is 1. The lowest BCUT2D eigenvalue weighted by atomic mass is 9.60. The highest BCUT2D eigenvalue weighted by atomic mass is 28.2. The topological polar surface area (TPSA) is 54.0 Å². The van der Waals surface area contributed by atoms with Crippen molar-refractivity contribution in [3.05, 3.63) is 12.2 Å². The molecule has 0 aromatic carbocycles. The van der Waals surface area contributed by atoms with Crippen LogP contribution in [0.3, 0.4) is 0 Å². The number of esters is 1. The number of carbonyl (C=O) groups excluding carboxylic acids is 1. The minimum absolute atomic E-state index is 0.0588. The number of hydrogen-bond acceptors (Lipinski definition) is 5. The summed E-state index contributed by atoms with van der Waals surface area (Å²) in [6.07, 6.45) is 7.33. The van der Waals surface area contributed by atoms with E-state index in [1.807, 2.05) is 6.92 Å². The molecule has 0 aromatic rings. The van der Waals surface area contributed by atoms with E-state index in [0.717, 1.165) is 19.3 Å². The normalized spacial score (nSPS) is 32.9. The maximum Gasteiger partial charge on any atom is 0.305 e. The van der Waals surface area contributed by atoms with E-state index >= 15 is 0 Å². The zero-order valence-electron chi connectivity index (χ0n) is 17.9. The van der Waals surface area contributed by atoms with Crippen molar-refractivity contribution in [2.45, 2.75) is 78.6 Å². The lowest BCUT2D eigenvalue weighted by Gasteiger charge is -2.60. The van der Waals surface area contributed by atoms with Crippen LogP contribution in [0.4, 0.5) is 0 Å². The van der Waals surface area contributed by atoms with Gasteiger partial charge in [0.25, 0.3) is 0 Å².